The molecule has 5 heteroatoms. The summed E-state index contributed by atoms with van der Waals surface area (Å²) in [6.07, 6.45) is 3.04. The predicted octanol–water partition coefficient (Wildman–Crippen LogP) is 3.54. The second-order valence-electron chi connectivity index (χ2n) is 5.84. The maximum Gasteiger partial charge on any atom is 0.193 e. The van der Waals surface area contributed by atoms with Crippen LogP contribution in [-0.2, 0) is 6.54 Å². The van der Waals surface area contributed by atoms with Crippen molar-refractivity contribution in [1.29, 1.82) is 0 Å². The third-order valence-electron chi connectivity index (χ3n) is 3.76. The number of hydrogen-bond acceptors (Lipinski definition) is 2. The van der Waals surface area contributed by atoms with E-state index in [1.54, 1.807) is 0 Å². The normalized spacial score (nSPS) is 13.0. The minimum atomic E-state index is 0.233. The highest BCUT2D eigenvalue weighted by molar-refractivity contribution is 6.30. The zero-order valence-corrected chi connectivity index (χ0v) is 15.3. The van der Waals surface area contributed by atoms with Gasteiger partial charge in [-0.2, -0.15) is 0 Å². The number of nitrogens with zero attached hydrogens (tertiary/aromatic N) is 2. The molecule has 0 spiro atoms. The largest absolute Gasteiger partial charge is 0.396 e. The van der Waals surface area contributed by atoms with Gasteiger partial charge < -0.3 is 15.3 Å². The summed E-state index contributed by atoms with van der Waals surface area (Å²) >= 11 is 5.93. The molecule has 0 amide bonds. The molecule has 0 bridgehead atoms. The summed E-state index contributed by atoms with van der Waals surface area (Å²) in [5.74, 6) is 1.35. The average Bonchev–Trinajstić information content (AvgIpc) is 2.53. The van der Waals surface area contributed by atoms with E-state index in [1.807, 2.05) is 31.3 Å². The van der Waals surface area contributed by atoms with E-state index in [9.17, 15) is 5.11 Å². The van der Waals surface area contributed by atoms with Gasteiger partial charge in [-0.3, -0.25) is 4.99 Å². The molecule has 1 unspecified atom stereocenters. The molecular weight excluding hydrogens is 310 g/mol. The van der Waals surface area contributed by atoms with Crippen LogP contribution in [0.3, 0.4) is 0 Å². The molecule has 0 saturated heterocycles. The Morgan fingerprint density at radius 1 is 1.26 bits per heavy atom. The first-order chi connectivity index (χ1) is 11.1. The molecule has 1 atom stereocenters. The highest BCUT2D eigenvalue weighted by Gasteiger charge is 2.10. The number of aliphatic hydroxyl groups is 1. The highest BCUT2D eigenvalue weighted by atomic mass is 35.5. The Labute approximate surface area is 145 Å². The van der Waals surface area contributed by atoms with Crippen molar-refractivity contribution in [3.63, 3.8) is 0 Å². The van der Waals surface area contributed by atoms with E-state index in [0.29, 0.717) is 5.92 Å². The lowest BCUT2D eigenvalue weighted by Gasteiger charge is -2.23. The van der Waals surface area contributed by atoms with Gasteiger partial charge in [-0.05, 0) is 43.4 Å². The van der Waals surface area contributed by atoms with Crippen LogP contribution in [0.25, 0.3) is 0 Å². The molecule has 0 radical (unpaired) electrons. The van der Waals surface area contributed by atoms with Gasteiger partial charge in [-0.25, -0.2) is 0 Å². The van der Waals surface area contributed by atoms with Crippen LogP contribution in [0, 0.1) is 5.92 Å². The topological polar surface area (TPSA) is 47.9 Å². The Morgan fingerprint density at radius 2 is 1.96 bits per heavy atom. The molecule has 1 rings (SSSR count). The predicted molar refractivity (Wildman–Crippen MR) is 99.0 cm³/mol. The van der Waals surface area contributed by atoms with Crippen LogP contribution in [-0.4, -0.2) is 42.7 Å². The molecule has 0 heterocycles. The monoisotopic (exact) mass is 339 g/mol. The van der Waals surface area contributed by atoms with Gasteiger partial charge in [-0.15, -0.1) is 0 Å². The smallest absolute Gasteiger partial charge is 0.193 e. The first-order valence-corrected chi connectivity index (χ1v) is 8.83. The van der Waals surface area contributed by atoms with Gasteiger partial charge in [0.25, 0.3) is 0 Å². The number of nitrogens with one attached hydrogen (secondary N) is 1. The molecule has 0 aliphatic carbocycles. The number of rotatable bonds is 9. The second-order valence-corrected chi connectivity index (χ2v) is 6.28. The fourth-order valence-corrected chi connectivity index (χ4v) is 2.67. The molecular formula is C18H30ClN3O. The van der Waals surface area contributed by atoms with Crippen LogP contribution in [0.1, 0.15) is 38.7 Å². The van der Waals surface area contributed by atoms with Gasteiger partial charge >= 0.3 is 0 Å². The molecule has 0 saturated carbocycles. The van der Waals surface area contributed by atoms with E-state index in [2.05, 4.69) is 24.1 Å². The Balaban J connectivity index is 2.70. The number of aliphatic imine (C=N–C) groups is 1. The van der Waals surface area contributed by atoms with Crippen LogP contribution in [0.15, 0.2) is 29.3 Å². The first-order valence-electron chi connectivity index (χ1n) is 8.45. The van der Waals surface area contributed by atoms with E-state index in [4.69, 9.17) is 16.6 Å². The molecule has 4 nitrogen and oxygen atoms in total. The molecule has 0 aliphatic heterocycles. The molecule has 0 aromatic heterocycles. The maximum absolute atomic E-state index is 9.17. The lowest BCUT2D eigenvalue weighted by molar-refractivity contribution is 0.253. The van der Waals surface area contributed by atoms with Gasteiger partial charge in [0.1, 0.15) is 0 Å². The summed E-state index contributed by atoms with van der Waals surface area (Å²) in [6, 6.07) is 7.89. The minimum Gasteiger partial charge on any atom is -0.396 e. The zero-order chi connectivity index (χ0) is 17.1. The Kier molecular flexibility index (Phi) is 9.72. The summed E-state index contributed by atoms with van der Waals surface area (Å²) in [5.41, 5.74) is 1.20. The standard InChI is InChI=1S/C18H30ClN3O/c1-4-6-15(11-12-23)13-21-18(20-5-2)22(3)14-16-7-9-17(19)10-8-16/h7-10,15,23H,4-6,11-14H2,1-3H3,(H,20,21). The maximum atomic E-state index is 9.17. The van der Waals surface area contributed by atoms with Crippen molar-refractivity contribution in [3.8, 4) is 0 Å². The zero-order valence-electron chi connectivity index (χ0n) is 14.6. The molecule has 130 valence electrons. The van der Waals surface area contributed by atoms with Crippen LogP contribution in [0.4, 0.5) is 0 Å². The molecule has 1 aromatic carbocycles. The number of hydrogen-bond donors (Lipinski definition) is 2. The Hall–Kier alpha value is -1.26. The van der Waals surface area contributed by atoms with E-state index in [0.717, 1.165) is 49.9 Å². The molecule has 23 heavy (non-hydrogen) atoms. The summed E-state index contributed by atoms with van der Waals surface area (Å²) in [4.78, 5) is 6.88. The van der Waals surface area contributed by atoms with Gasteiger partial charge in [0, 0.05) is 38.3 Å². The van der Waals surface area contributed by atoms with E-state index < -0.39 is 0 Å². The van der Waals surface area contributed by atoms with E-state index in [1.165, 1.54) is 5.56 Å². The van der Waals surface area contributed by atoms with Crippen molar-refractivity contribution >= 4 is 17.6 Å². The molecule has 0 aliphatic rings. The number of aliphatic hydroxyl groups excluding tert-OH is 1. The summed E-state index contributed by atoms with van der Waals surface area (Å²) in [7, 11) is 2.04. The summed E-state index contributed by atoms with van der Waals surface area (Å²) < 4.78 is 0. The van der Waals surface area contributed by atoms with E-state index >= 15 is 0 Å². The fraction of sp³-hybridized carbons (Fsp3) is 0.611. The molecule has 2 N–H and O–H groups in total. The fourth-order valence-electron chi connectivity index (χ4n) is 2.54. The SMILES string of the molecule is CCCC(CCO)CN=C(NCC)N(C)Cc1ccc(Cl)cc1. The minimum absolute atomic E-state index is 0.233. The van der Waals surface area contributed by atoms with Crippen LogP contribution in [0.5, 0.6) is 0 Å². The molecule has 1 aromatic rings. The van der Waals surface area contributed by atoms with Crippen molar-refractivity contribution in [2.75, 3.05) is 26.7 Å². The van der Waals surface area contributed by atoms with Crippen LogP contribution < -0.4 is 5.32 Å². The number of benzene rings is 1. The van der Waals surface area contributed by atoms with Gasteiger partial charge in [-0.1, -0.05) is 37.1 Å². The van der Waals surface area contributed by atoms with Crippen LogP contribution in [0.2, 0.25) is 5.02 Å². The number of guanidine groups is 1. The van der Waals surface area contributed by atoms with Crippen LogP contribution >= 0.6 is 11.6 Å². The molecule has 0 fully saturated rings. The van der Waals surface area contributed by atoms with Crippen molar-refractivity contribution in [1.82, 2.24) is 10.2 Å². The van der Waals surface area contributed by atoms with Gasteiger partial charge in [0.2, 0.25) is 0 Å². The third-order valence-corrected chi connectivity index (χ3v) is 4.01. The first kappa shape index (κ1) is 19.8. The average molecular weight is 340 g/mol. The summed E-state index contributed by atoms with van der Waals surface area (Å²) in [6.45, 7) is 6.84. The summed E-state index contributed by atoms with van der Waals surface area (Å²) in [5, 5.41) is 13.3. The lowest BCUT2D eigenvalue weighted by Crippen LogP contribution is -2.38. The third kappa shape index (κ3) is 7.71. The Bertz CT molecular complexity index is 456. The Morgan fingerprint density at radius 3 is 2.52 bits per heavy atom. The number of halogens is 1. The van der Waals surface area contributed by atoms with Gasteiger partial charge in [0.05, 0.1) is 0 Å². The van der Waals surface area contributed by atoms with Crippen molar-refractivity contribution in [3.05, 3.63) is 34.9 Å². The lowest BCUT2D eigenvalue weighted by atomic mass is 10.0. The van der Waals surface area contributed by atoms with Crippen molar-refractivity contribution < 1.29 is 5.11 Å². The highest BCUT2D eigenvalue weighted by Crippen LogP contribution is 2.13. The van der Waals surface area contributed by atoms with E-state index in [-0.39, 0.29) is 6.61 Å². The van der Waals surface area contributed by atoms with Crippen molar-refractivity contribution in [2.45, 2.75) is 39.7 Å². The van der Waals surface area contributed by atoms with Gasteiger partial charge in [0.15, 0.2) is 5.96 Å². The quantitative estimate of drug-likeness (QED) is 0.534. The second kappa shape index (κ2) is 11.3. The van der Waals surface area contributed by atoms with Crippen molar-refractivity contribution in [2.24, 2.45) is 10.9 Å².